The summed E-state index contributed by atoms with van der Waals surface area (Å²) >= 11 is 0. The molecule has 0 unspecified atom stereocenters. The van der Waals surface area contributed by atoms with Gasteiger partial charge in [0.15, 0.2) is 0 Å². The Labute approximate surface area is 199 Å². The maximum absolute atomic E-state index is 14.2. The van der Waals surface area contributed by atoms with Crippen molar-refractivity contribution in [2.45, 2.75) is 43.8 Å². The number of halogens is 1. The number of rotatable bonds is 10. The maximum Gasteiger partial charge on any atom is 0.317 e. The van der Waals surface area contributed by atoms with Gasteiger partial charge in [0.05, 0.1) is 30.7 Å². The highest BCUT2D eigenvalue weighted by atomic mass is 32.2. The summed E-state index contributed by atoms with van der Waals surface area (Å²) in [7, 11) is -3.95. The SMILES string of the molecule is CCNC(=O)N(Cc1cnc(S(=O)(=O)Cc2ccccc2F)n1Cc1ccccc1)CC1CC1. The Bertz CT molecular complexity index is 1240. The molecule has 4 rings (SSSR count). The van der Waals surface area contributed by atoms with E-state index >= 15 is 0 Å². The van der Waals surface area contributed by atoms with Crippen molar-refractivity contribution in [1.29, 1.82) is 0 Å². The van der Waals surface area contributed by atoms with E-state index in [-0.39, 0.29) is 29.8 Å². The van der Waals surface area contributed by atoms with Crippen LogP contribution in [0, 0.1) is 11.7 Å². The lowest BCUT2D eigenvalue weighted by atomic mass is 10.2. The highest BCUT2D eigenvalue weighted by Gasteiger charge is 2.29. The fourth-order valence-corrected chi connectivity index (χ4v) is 5.38. The third kappa shape index (κ3) is 5.83. The number of nitrogens with zero attached hydrogens (tertiary/aromatic N) is 3. The van der Waals surface area contributed by atoms with E-state index in [1.54, 1.807) is 15.5 Å². The van der Waals surface area contributed by atoms with Crippen molar-refractivity contribution < 1.29 is 17.6 Å². The number of hydrogen-bond acceptors (Lipinski definition) is 4. The van der Waals surface area contributed by atoms with Gasteiger partial charge in [-0.15, -0.1) is 0 Å². The molecule has 0 bridgehead atoms. The molecule has 180 valence electrons. The molecule has 0 spiro atoms. The molecule has 0 atom stereocenters. The molecule has 0 saturated heterocycles. The lowest BCUT2D eigenvalue weighted by Crippen LogP contribution is -2.41. The molecule has 2 amide bonds. The Morgan fingerprint density at radius 2 is 1.85 bits per heavy atom. The molecular formula is C25H29FN4O3S. The first-order chi connectivity index (χ1) is 16.4. The predicted octanol–water partition coefficient (Wildman–Crippen LogP) is 3.99. The van der Waals surface area contributed by atoms with Crippen molar-refractivity contribution in [3.8, 4) is 0 Å². The topological polar surface area (TPSA) is 84.3 Å². The zero-order valence-corrected chi connectivity index (χ0v) is 20.0. The third-order valence-corrected chi connectivity index (χ3v) is 7.38. The predicted molar refractivity (Wildman–Crippen MR) is 127 cm³/mol. The van der Waals surface area contributed by atoms with E-state index in [0.29, 0.717) is 24.7 Å². The number of benzene rings is 2. The van der Waals surface area contributed by atoms with Gasteiger partial charge in [0.25, 0.3) is 0 Å². The van der Waals surface area contributed by atoms with E-state index in [1.165, 1.54) is 24.4 Å². The van der Waals surface area contributed by atoms with Gasteiger partial charge in [0.2, 0.25) is 15.0 Å². The molecule has 1 saturated carbocycles. The summed E-state index contributed by atoms with van der Waals surface area (Å²) in [6.07, 6.45) is 3.68. The number of hydrogen-bond donors (Lipinski definition) is 1. The lowest BCUT2D eigenvalue weighted by molar-refractivity contribution is 0.191. The third-order valence-electron chi connectivity index (χ3n) is 5.81. The van der Waals surface area contributed by atoms with Crippen molar-refractivity contribution in [1.82, 2.24) is 19.8 Å². The molecule has 1 heterocycles. The van der Waals surface area contributed by atoms with Crippen molar-refractivity contribution in [3.05, 3.63) is 83.4 Å². The van der Waals surface area contributed by atoms with Crippen molar-refractivity contribution in [2.24, 2.45) is 5.92 Å². The van der Waals surface area contributed by atoms with Gasteiger partial charge in [0, 0.05) is 18.7 Å². The van der Waals surface area contributed by atoms with E-state index in [1.807, 2.05) is 37.3 Å². The van der Waals surface area contributed by atoms with Gasteiger partial charge in [0.1, 0.15) is 5.82 Å². The van der Waals surface area contributed by atoms with E-state index in [0.717, 1.165) is 18.4 Å². The first-order valence-corrected chi connectivity index (χ1v) is 13.1. The number of imidazole rings is 1. The van der Waals surface area contributed by atoms with Crippen LogP contribution in [0.15, 0.2) is 66.0 Å². The smallest absolute Gasteiger partial charge is 0.317 e. The molecule has 34 heavy (non-hydrogen) atoms. The molecule has 1 aliphatic carbocycles. The zero-order chi connectivity index (χ0) is 24.1. The molecule has 1 aliphatic rings. The number of nitrogens with one attached hydrogen (secondary N) is 1. The summed E-state index contributed by atoms with van der Waals surface area (Å²) in [4.78, 5) is 18.7. The highest BCUT2D eigenvalue weighted by Crippen LogP contribution is 2.30. The molecular weight excluding hydrogens is 455 g/mol. The number of amides is 2. The molecule has 0 radical (unpaired) electrons. The van der Waals surface area contributed by atoms with Crippen LogP contribution >= 0.6 is 0 Å². The van der Waals surface area contributed by atoms with Gasteiger partial charge in [-0.05, 0) is 37.3 Å². The number of carbonyl (C=O) groups excluding carboxylic acids is 1. The minimum atomic E-state index is -3.95. The molecule has 7 nitrogen and oxygen atoms in total. The average molecular weight is 485 g/mol. The second-order valence-corrected chi connectivity index (χ2v) is 10.5. The van der Waals surface area contributed by atoms with Crippen LogP contribution in [0.3, 0.4) is 0 Å². The Morgan fingerprint density at radius 1 is 1.15 bits per heavy atom. The first-order valence-electron chi connectivity index (χ1n) is 11.4. The van der Waals surface area contributed by atoms with Crippen LogP contribution in [-0.4, -0.2) is 42.0 Å². The normalized spacial score (nSPS) is 13.6. The molecule has 3 aromatic rings. The van der Waals surface area contributed by atoms with E-state index in [4.69, 9.17) is 0 Å². The van der Waals surface area contributed by atoms with Crippen LogP contribution in [0.25, 0.3) is 0 Å². The fourth-order valence-electron chi connectivity index (χ4n) is 3.88. The van der Waals surface area contributed by atoms with Gasteiger partial charge >= 0.3 is 6.03 Å². The summed E-state index contributed by atoms with van der Waals surface area (Å²) in [6.45, 7) is 3.48. The Hall–Kier alpha value is -3.20. The second-order valence-electron chi connectivity index (χ2n) is 8.61. The number of sulfone groups is 1. The van der Waals surface area contributed by atoms with Gasteiger partial charge in [-0.3, -0.25) is 0 Å². The van der Waals surface area contributed by atoms with Gasteiger partial charge in [-0.2, -0.15) is 0 Å². The van der Waals surface area contributed by atoms with Crippen LogP contribution in [0.5, 0.6) is 0 Å². The summed E-state index contributed by atoms with van der Waals surface area (Å²) in [5, 5.41) is 2.71. The summed E-state index contributed by atoms with van der Waals surface area (Å²) in [6, 6.07) is 15.1. The van der Waals surface area contributed by atoms with Crippen molar-refractivity contribution in [2.75, 3.05) is 13.1 Å². The monoisotopic (exact) mass is 484 g/mol. The van der Waals surface area contributed by atoms with Gasteiger partial charge < -0.3 is 14.8 Å². The average Bonchev–Trinajstić information content (AvgIpc) is 3.55. The van der Waals surface area contributed by atoms with Crippen molar-refractivity contribution in [3.63, 3.8) is 0 Å². The van der Waals surface area contributed by atoms with Crippen LogP contribution in [0.2, 0.25) is 0 Å². The largest absolute Gasteiger partial charge is 0.338 e. The number of urea groups is 1. The van der Waals surface area contributed by atoms with Crippen LogP contribution in [0.1, 0.15) is 36.6 Å². The fraction of sp³-hybridized carbons (Fsp3) is 0.360. The highest BCUT2D eigenvalue weighted by molar-refractivity contribution is 7.90. The van der Waals surface area contributed by atoms with E-state index in [2.05, 4.69) is 10.3 Å². The van der Waals surface area contributed by atoms with E-state index < -0.39 is 21.4 Å². The number of aromatic nitrogens is 2. The van der Waals surface area contributed by atoms with Crippen LogP contribution in [-0.2, 0) is 28.7 Å². The van der Waals surface area contributed by atoms with E-state index in [9.17, 15) is 17.6 Å². The zero-order valence-electron chi connectivity index (χ0n) is 19.2. The van der Waals surface area contributed by atoms with Crippen LogP contribution < -0.4 is 5.32 Å². The molecule has 9 heteroatoms. The lowest BCUT2D eigenvalue weighted by Gasteiger charge is -2.24. The Balaban J connectivity index is 1.69. The Morgan fingerprint density at radius 3 is 2.53 bits per heavy atom. The standard InChI is InChI=1S/C25H29FN4O3S/c1-2-27-24(31)29(15-20-12-13-20)17-22-14-28-25(30(22)16-19-8-4-3-5-9-19)34(32,33)18-21-10-6-7-11-23(21)26/h3-11,14,20H,2,12-13,15-18H2,1H3,(H,27,31). The molecule has 0 aliphatic heterocycles. The first kappa shape index (κ1) is 23.9. The Kier molecular flexibility index (Phi) is 7.31. The summed E-state index contributed by atoms with van der Waals surface area (Å²) < 4.78 is 42.5. The minimum Gasteiger partial charge on any atom is -0.338 e. The molecule has 1 fully saturated rings. The minimum absolute atomic E-state index is 0.0935. The molecule has 1 N–H and O–H groups in total. The maximum atomic E-state index is 14.2. The van der Waals surface area contributed by atoms with Gasteiger partial charge in [-0.1, -0.05) is 48.5 Å². The molecule has 1 aromatic heterocycles. The second kappa shape index (κ2) is 10.4. The quantitative estimate of drug-likeness (QED) is 0.472. The van der Waals surface area contributed by atoms with Gasteiger partial charge in [-0.25, -0.2) is 22.6 Å². The van der Waals surface area contributed by atoms with Crippen LogP contribution in [0.4, 0.5) is 9.18 Å². The summed E-state index contributed by atoms with van der Waals surface area (Å²) in [5.41, 5.74) is 1.61. The number of carbonyl (C=O) groups is 1. The molecule has 2 aromatic carbocycles. The van der Waals surface area contributed by atoms with Crippen molar-refractivity contribution >= 4 is 15.9 Å². The summed E-state index contributed by atoms with van der Waals surface area (Å²) in [5.74, 6) is -0.593.